The molecule has 10 nitrogen and oxygen atoms in total. The van der Waals surface area contributed by atoms with Gasteiger partial charge in [-0.25, -0.2) is 28.4 Å². The summed E-state index contributed by atoms with van der Waals surface area (Å²) < 4.78 is 30.8. The van der Waals surface area contributed by atoms with E-state index in [1.54, 1.807) is 53.6 Å². The topological polar surface area (TPSA) is 124 Å². The second-order valence-corrected chi connectivity index (χ2v) is 9.10. The molecule has 0 unspecified atom stereocenters. The van der Waals surface area contributed by atoms with E-state index >= 15 is 0 Å². The maximum atomic E-state index is 12.5. The lowest BCUT2D eigenvalue weighted by Gasteiger charge is -2.09. The van der Waals surface area contributed by atoms with Crippen LogP contribution >= 0.6 is 0 Å². The number of benzene rings is 1. The fourth-order valence-corrected chi connectivity index (χ4v) is 3.82. The number of sulfone groups is 1. The summed E-state index contributed by atoms with van der Waals surface area (Å²) in [6.45, 7) is -0.120. The van der Waals surface area contributed by atoms with E-state index in [0.717, 1.165) is 0 Å². The quantitative estimate of drug-likeness (QED) is 0.390. The summed E-state index contributed by atoms with van der Waals surface area (Å²) >= 11 is 0. The number of nitrogens with zero attached hydrogens (tertiary/aromatic N) is 7. The van der Waals surface area contributed by atoms with Crippen LogP contribution in [0, 0.1) is 11.8 Å². The molecule has 0 amide bonds. The highest BCUT2D eigenvalue weighted by atomic mass is 32.2. The summed E-state index contributed by atoms with van der Waals surface area (Å²) in [5.74, 6) is 6.03. The number of ether oxygens (including phenoxy) is 1. The van der Waals surface area contributed by atoms with Crippen molar-refractivity contribution in [1.82, 2.24) is 30.1 Å². The van der Waals surface area contributed by atoms with Gasteiger partial charge in [-0.2, -0.15) is 0 Å². The Bertz CT molecular complexity index is 1430. The van der Waals surface area contributed by atoms with E-state index in [1.807, 2.05) is 14.1 Å². The summed E-state index contributed by atoms with van der Waals surface area (Å²) in [5.41, 5.74) is 1.43. The largest absolute Gasteiger partial charge is 0.475 e. The number of pyridine rings is 1. The van der Waals surface area contributed by atoms with E-state index in [1.165, 1.54) is 6.20 Å². The maximum absolute atomic E-state index is 12.5. The van der Waals surface area contributed by atoms with Crippen molar-refractivity contribution >= 4 is 26.9 Å². The van der Waals surface area contributed by atoms with Crippen molar-refractivity contribution in [2.75, 3.05) is 31.4 Å². The molecule has 0 saturated heterocycles. The minimum atomic E-state index is -3.50. The molecule has 0 aliphatic rings. The molecule has 11 heteroatoms. The lowest BCUT2D eigenvalue weighted by Crippen LogP contribution is -2.15. The Labute approximate surface area is 190 Å². The van der Waals surface area contributed by atoms with Gasteiger partial charge < -0.3 is 9.64 Å². The average molecular weight is 462 g/mol. The van der Waals surface area contributed by atoms with Crippen LogP contribution in [0.2, 0.25) is 0 Å². The molecular formula is C22H19N7O3S. The molecule has 1 aromatic carbocycles. The first-order valence-electron chi connectivity index (χ1n) is 9.85. The van der Waals surface area contributed by atoms with Gasteiger partial charge in [-0.3, -0.25) is 0 Å². The molecule has 166 valence electrons. The van der Waals surface area contributed by atoms with Gasteiger partial charge in [0.1, 0.15) is 12.1 Å². The molecule has 0 aliphatic carbocycles. The average Bonchev–Trinajstić information content (AvgIpc) is 2.83. The second-order valence-electron chi connectivity index (χ2n) is 6.99. The van der Waals surface area contributed by atoms with E-state index in [9.17, 15) is 8.42 Å². The van der Waals surface area contributed by atoms with Gasteiger partial charge in [-0.15, -0.1) is 10.2 Å². The van der Waals surface area contributed by atoms with Crippen molar-refractivity contribution in [3.8, 4) is 17.7 Å². The van der Waals surface area contributed by atoms with Gasteiger partial charge in [0.15, 0.2) is 26.9 Å². The molecule has 4 aromatic rings. The third-order valence-electron chi connectivity index (χ3n) is 4.36. The van der Waals surface area contributed by atoms with E-state index in [2.05, 4.69) is 42.0 Å². The second kappa shape index (κ2) is 9.54. The SMILES string of the molecule is CN(C)c1ncc(C#Cc2nc3ncccc3nc2OCCS(=O)(=O)c2ccccc2)nn1. The zero-order valence-corrected chi connectivity index (χ0v) is 18.7. The van der Waals surface area contributed by atoms with Crippen molar-refractivity contribution in [2.45, 2.75) is 4.90 Å². The Morgan fingerprint density at radius 3 is 2.52 bits per heavy atom. The highest BCUT2D eigenvalue weighted by Crippen LogP contribution is 2.18. The minimum absolute atomic E-state index is 0.108. The predicted octanol–water partition coefficient (Wildman–Crippen LogP) is 1.53. The molecule has 0 fully saturated rings. The molecule has 33 heavy (non-hydrogen) atoms. The lowest BCUT2D eigenvalue weighted by atomic mass is 10.3. The molecule has 3 aromatic heterocycles. The summed E-state index contributed by atoms with van der Waals surface area (Å²) in [6.07, 6.45) is 3.09. The first kappa shape index (κ1) is 22.0. The zero-order chi connectivity index (χ0) is 23.3. The zero-order valence-electron chi connectivity index (χ0n) is 17.9. The van der Waals surface area contributed by atoms with Crippen LogP contribution in [0.15, 0.2) is 59.8 Å². The Morgan fingerprint density at radius 2 is 1.79 bits per heavy atom. The van der Waals surface area contributed by atoms with Crippen LogP contribution in [0.3, 0.4) is 0 Å². The molecule has 0 spiro atoms. The number of aromatic nitrogens is 6. The monoisotopic (exact) mass is 461 g/mol. The van der Waals surface area contributed by atoms with Crippen LogP contribution in [-0.2, 0) is 9.84 Å². The van der Waals surface area contributed by atoms with E-state index in [-0.39, 0.29) is 28.8 Å². The third kappa shape index (κ3) is 5.36. The lowest BCUT2D eigenvalue weighted by molar-refractivity contribution is 0.326. The van der Waals surface area contributed by atoms with Crippen LogP contribution in [0.1, 0.15) is 11.4 Å². The fourth-order valence-electron chi connectivity index (χ4n) is 2.71. The Hall–Kier alpha value is -4.17. The fraction of sp³-hybridized carbons (Fsp3) is 0.182. The minimum Gasteiger partial charge on any atom is -0.475 e. The van der Waals surface area contributed by atoms with Gasteiger partial charge in [-0.1, -0.05) is 18.2 Å². The standard InChI is InChI=1S/C22H19N7O3S/c1-29(2)22-24-15-16(27-28-22)10-11-19-21(26-18-9-6-12-23-20(18)25-19)32-13-14-33(30,31)17-7-4-3-5-8-17/h3-9,12,15H,13-14H2,1-2H3. The molecule has 0 aliphatic heterocycles. The van der Waals surface area contributed by atoms with Gasteiger partial charge in [0, 0.05) is 20.3 Å². The normalized spacial score (nSPS) is 11.0. The van der Waals surface area contributed by atoms with Crippen LogP contribution in [0.4, 0.5) is 5.95 Å². The summed E-state index contributed by atoms with van der Waals surface area (Å²) in [6, 6.07) is 11.6. The highest BCUT2D eigenvalue weighted by molar-refractivity contribution is 7.91. The van der Waals surface area contributed by atoms with Crippen molar-refractivity contribution in [2.24, 2.45) is 0 Å². The highest BCUT2D eigenvalue weighted by Gasteiger charge is 2.16. The van der Waals surface area contributed by atoms with Gasteiger partial charge in [0.05, 0.1) is 16.8 Å². The Morgan fingerprint density at radius 1 is 0.970 bits per heavy atom. The first-order valence-corrected chi connectivity index (χ1v) is 11.5. The maximum Gasteiger partial charge on any atom is 0.249 e. The molecule has 3 heterocycles. The van der Waals surface area contributed by atoms with E-state index < -0.39 is 9.84 Å². The molecule has 0 bridgehead atoms. The summed E-state index contributed by atoms with van der Waals surface area (Å²) in [7, 11) is 0.110. The number of fused-ring (bicyclic) bond motifs is 1. The molecule has 4 rings (SSSR count). The summed E-state index contributed by atoms with van der Waals surface area (Å²) in [4.78, 5) is 19.1. The van der Waals surface area contributed by atoms with Crippen LogP contribution in [0.5, 0.6) is 5.88 Å². The van der Waals surface area contributed by atoms with Crippen LogP contribution in [0.25, 0.3) is 11.2 Å². The number of hydrogen-bond donors (Lipinski definition) is 0. The summed E-state index contributed by atoms with van der Waals surface area (Å²) in [5, 5.41) is 8.01. The van der Waals surface area contributed by atoms with Crippen molar-refractivity contribution in [3.63, 3.8) is 0 Å². The van der Waals surface area contributed by atoms with E-state index in [0.29, 0.717) is 22.8 Å². The van der Waals surface area contributed by atoms with Gasteiger partial charge in [0.25, 0.3) is 0 Å². The molecule has 0 atom stereocenters. The number of anilines is 1. The number of hydrogen-bond acceptors (Lipinski definition) is 10. The Kier molecular flexibility index (Phi) is 6.37. The number of rotatable bonds is 6. The van der Waals surface area contributed by atoms with Gasteiger partial charge in [0.2, 0.25) is 11.8 Å². The van der Waals surface area contributed by atoms with E-state index in [4.69, 9.17) is 4.74 Å². The molecular weight excluding hydrogens is 442 g/mol. The smallest absolute Gasteiger partial charge is 0.249 e. The van der Waals surface area contributed by atoms with Crippen molar-refractivity contribution in [1.29, 1.82) is 0 Å². The van der Waals surface area contributed by atoms with Crippen LogP contribution in [-0.4, -0.2) is 65.0 Å². The van der Waals surface area contributed by atoms with Crippen molar-refractivity contribution < 1.29 is 13.2 Å². The predicted molar refractivity (Wildman–Crippen MR) is 121 cm³/mol. The first-order chi connectivity index (χ1) is 15.9. The molecule has 0 saturated carbocycles. The van der Waals surface area contributed by atoms with Gasteiger partial charge in [-0.05, 0) is 36.1 Å². The Balaban J connectivity index is 1.59. The third-order valence-corrected chi connectivity index (χ3v) is 6.05. The molecule has 0 radical (unpaired) electrons. The van der Waals surface area contributed by atoms with Crippen molar-refractivity contribution in [3.05, 3.63) is 66.2 Å². The van der Waals surface area contributed by atoms with Gasteiger partial charge >= 0.3 is 0 Å². The molecule has 0 N–H and O–H groups in total. The van der Waals surface area contributed by atoms with Crippen LogP contribution < -0.4 is 9.64 Å².